The molecule has 1 rings (SSSR count). The Morgan fingerprint density at radius 1 is 1.69 bits per heavy atom. The zero-order chi connectivity index (χ0) is 9.52. The molecule has 4 nitrogen and oxygen atoms in total. The van der Waals surface area contributed by atoms with Gasteiger partial charge in [0.2, 0.25) is 5.91 Å². The van der Waals surface area contributed by atoms with Crippen LogP contribution in [0.1, 0.15) is 12.6 Å². The zero-order valence-electron chi connectivity index (χ0n) is 7.40. The number of nitrogens with zero attached hydrogens (tertiary/aromatic N) is 2. The maximum absolute atomic E-state index is 11.0. The van der Waals surface area contributed by atoms with Gasteiger partial charge in [0.05, 0.1) is 12.2 Å². The molecule has 13 heavy (non-hydrogen) atoms. The molecule has 0 radical (unpaired) electrons. The van der Waals surface area contributed by atoms with E-state index in [2.05, 4.69) is 15.3 Å². The Balaban J connectivity index is 2.40. The number of carbonyl (C=O) groups is 1. The quantitative estimate of drug-likeness (QED) is 0.690. The average Bonchev–Trinajstić information content (AvgIpc) is 2.17. The van der Waals surface area contributed by atoms with Gasteiger partial charge in [-0.15, -0.1) is 0 Å². The predicted molar refractivity (Wildman–Crippen MR) is 48.7 cm³/mol. The number of hydrogen-bond acceptors (Lipinski definition) is 3. The highest BCUT2D eigenvalue weighted by molar-refractivity contribution is 5.87. The molecule has 0 aliphatic rings. The Bertz CT molecular complexity index is 295. The van der Waals surface area contributed by atoms with Gasteiger partial charge in [0.1, 0.15) is 6.33 Å². The number of nitrogens with one attached hydrogen (secondary N) is 1. The summed E-state index contributed by atoms with van der Waals surface area (Å²) < 4.78 is 0. The summed E-state index contributed by atoms with van der Waals surface area (Å²) in [5.41, 5.74) is 0.799. The van der Waals surface area contributed by atoms with Crippen molar-refractivity contribution in [1.82, 2.24) is 15.3 Å². The first-order valence-corrected chi connectivity index (χ1v) is 3.98. The van der Waals surface area contributed by atoms with Crippen LogP contribution in [0.3, 0.4) is 0 Å². The highest BCUT2D eigenvalue weighted by atomic mass is 16.1. The van der Waals surface area contributed by atoms with Crippen LogP contribution in [0.4, 0.5) is 0 Å². The van der Waals surface area contributed by atoms with Gasteiger partial charge in [-0.3, -0.25) is 4.79 Å². The smallest absolute Gasteiger partial charge is 0.243 e. The third-order valence-electron chi connectivity index (χ3n) is 1.40. The number of rotatable bonds is 3. The van der Waals surface area contributed by atoms with Gasteiger partial charge in [-0.2, -0.15) is 0 Å². The first kappa shape index (κ1) is 9.38. The van der Waals surface area contributed by atoms with E-state index in [1.165, 1.54) is 12.4 Å². The van der Waals surface area contributed by atoms with Gasteiger partial charge in [0, 0.05) is 6.20 Å². The first-order valence-electron chi connectivity index (χ1n) is 3.98. The molecule has 0 unspecified atom stereocenters. The van der Waals surface area contributed by atoms with Crippen LogP contribution >= 0.6 is 0 Å². The van der Waals surface area contributed by atoms with Gasteiger partial charge in [-0.1, -0.05) is 6.08 Å². The standard InChI is InChI=1S/C9H11N3O/c1-2-3-9(13)11-6-8-4-5-10-7-12-8/h2-5,7H,6H2,1H3,(H,11,13)/b3-2+. The van der Waals surface area contributed by atoms with Crippen molar-refractivity contribution in [2.75, 3.05) is 0 Å². The van der Waals surface area contributed by atoms with Crippen LogP contribution in [-0.2, 0) is 11.3 Å². The fourth-order valence-electron chi connectivity index (χ4n) is 0.811. The number of amides is 1. The molecule has 1 aromatic rings. The van der Waals surface area contributed by atoms with E-state index in [-0.39, 0.29) is 5.91 Å². The van der Waals surface area contributed by atoms with E-state index < -0.39 is 0 Å². The van der Waals surface area contributed by atoms with E-state index >= 15 is 0 Å². The fourth-order valence-corrected chi connectivity index (χ4v) is 0.811. The molecular weight excluding hydrogens is 166 g/mol. The predicted octanol–water partition coefficient (Wildman–Crippen LogP) is 0.669. The highest BCUT2D eigenvalue weighted by Crippen LogP contribution is 1.89. The van der Waals surface area contributed by atoms with Crippen LogP contribution in [0.15, 0.2) is 30.7 Å². The molecule has 4 heteroatoms. The van der Waals surface area contributed by atoms with Crippen LogP contribution in [-0.4, -0.2) is 15.9 Å². The van der Waals surface area contributed by atoms with Gasteiger partial charge in [0.25, 0.3) is 0 Å². The maximum Gasteiger partial charge on any atom is 0.243 e. The molecular formula is C9H11N3O. The average molecular weight is 177 g/mol. The second kappa shape index (κ2) is 5.03. The monoisotopic (exact) mass is 177 g/mol. The second-order valence-electron chi connectivity index (χ2n) is 2.42. The van der Waals surface area contributed by atoms with Crippen molar-refractivity contribution in [3.63, 3.8) is 0 Å². The van der Waals surface area contributed by atoms with E-state index in [0.717, 1.165) is 5.69 Å². The summed E-state index contributed by atoms with van der Waals surface area (Å²) in [5, 5.41) is 2.68. The van der Waals surface area contributed by atoms with Gasteiger partial charge >= 0.3 is 0 Å². The largest absolute Gasteiger partial charge is 0.347 e. The first-order chi connectivity index (χ1) is 6.33. The Hall–Kier alpha value is -1.71. The minimum Gasteiger partial charge on any atom is -0.347 e. The van der Waals surface area contributed by atoms with Gasteiger partial charge in [-0.25, -0.2) is 9.97 Å². The molecule has 68 valence electrons. The molecule has 1 heterocycles. The van der Waals surface area contributed by atoms with E-state index in [1.807, 2.05) is 0 Å². The van der Waals surface area contributed by atoms with Crippen LogP contribution in [0, 0.1) is 0 Å². The van der Waals surface area contributed by atoms with Crippen molar-refractivity contribution in [3.8, 4) is 0 Å². The lowest BCUT2D eigenvalue weighted by Crippen LogP contribution is -2.20. The van der Waals surface area contributed by atoms with E-state index in [4.69, 9.17) is 0 Å². The molecule has 1 amide bonds. The zero-order valence-corrected chi connectivity index (χ0v) is 7.40. The van der Waals surface area contributed by atoms with E-state index in [9.17, 15) is 4.79 Å². The third kappa shape index (κ3) is 3.46. The minimum atomic E-state index is -0.110. The molecule has 0 aromatic carbocycles. The Labute approximate surface area is 76.7 Å². The van der Waals surface area contributed by atoms with Crippen LogP contribution < -0.4 is 5.32 Å². The van der Waals surface area contributed by atoms with E-state index in [1.54, 1.807) is 25.3 Å². The van der Waals surface area contributed by atoms with Gasteiger partial charge < -0.3 is 5.32 Å². The molecule has 0 bridgehead atoms. The number of carbonyl (C=O) groups excluding carboxylic acids is 1. The summed E-state index contributed by atoms with van der Waals surface area (Å²) in [5.74, 6) is -0.110. The minimum absolute atomic E-state index is 0.110. The van der Waals surface area contributed by atoms with Crippen molar-refractivity contribution in [3.05, 3.63) is 36.4 Å². The third-order valence-corrected chi connectivity index (χ3v) is 1.40. The number of allylic oxidation sites excluding steroid dienone is 1. The Morgan fingerprint density at radius 3 is 3.15 bits per heavy atom. The normalized spacial score (nSPS) is 10.2. The van der Waals surface area contributed by atoms with Crippen molar-refractivity contribution in [2.24, 2.45) is 0 Å². The molecule has 1 N–H and O–H groups in total. The van der Waals surface area contributed by atoms with Crippen LogP contribution in [0.5, 0.6) is 0 Å². The Kier molecular flexibility index (Phi) is 3.63. The number of hydrogen-bond donors (Lipinski definition) is 1. The lowest BCUT2D eigenvalue weighted by molar-refractivity contribution is -0.116. The number of aromatic nitrogens is 2. The van der Waals surface area contributed by atoms with Gasteiger partial charge in [0.15, 0.2) is 0 Å². The van der Waals surface area contributed by atoms with Gasteiger partial charge in [-0.05, 0) is 19.1 Å². The summed E-state index contributed by atoms with van der Waals surface area (Å²) in [6.45, 7) is 2.23. The SMILES string of the molecule is C/C=C/C(=O)NCc1ccncn1. The fraction of sp³-hybridized carbons (Fsp3) is 0.222. The molecule has 0 aliphatic carbocycles. The van der Waals surface area contributed by atoms with Crippen LogP contribution in [0.25, 0.3) is 0 Å². The second-order valence-corrected chi connectivity index (χ2v) is 2.42. The molecule has 0 atom stereocenters. The topological polar surface area (TPSA) is 54.9 Å². The van der Waals surface area contributed by atoms with E-state index in [0.29, 0.717) is 6.54 Å². The molecule has 1 aromatic heterocycles. The van der Waals surface area contributed by atoms with Crippen molar-refractivity contribution in [1.29, 1.82) is 0 Å². The summed E-state index contributed by atoms with van der Waals surface area (Å²) in [7, 11) is 0. The van der Waals surface area contributed by atoms with Crippen molar-refractivity contribution in [2.45, 2.75) is 13.5 Å². The summed E-state index contributed by atoms with van der Waals surface area (Å²) in [6, 6.07) is 1.76. The lowest BCUT2D eigenvalue weighted by atomic mass is 10.4. The van der Waals surface area contributed by atoms with Crippen molar-refractivity contribution < 1.29 is 4.79 Å². The maximum atomic E-state index is 11.0. The molecule has 0 spiro atoms. The highest BCUT2D eigenvalue weighted by Gasteiger charge is 1.95. The summed E-state index contributed by atoms with van der Waals surface area (Å²) in [4.78, 5) is 18.7. The molecule has 0 saturated heterocycles. The lowest BCUT2D eigenvalue weighted by Gasteiger charge is -1.99. The van der Waals surface area contributed by atoms with Crippen LogP contribution in [0.2, 0.25) is 0 Å². The Morgan fingerprint density at radius 2 is 2.54 bits per heavy atom. The molecule has 0 saturated carbocycles. The molecule has 0 aliphatic heterocycles. The molecule has 0 fully saturated rings. The summed E-state index contributed by atoms with van der Waals surface area (Å²) in [6.07, 6.45) is 6.26. The van der Waals surface area contributed by atoms with Crippen molar-refractivity contribution >= 4 is 5.91 Å². The summed E-state index contributed by atoms with van der Waals surface area (Å²) >= 11 is 0.